The number of benzene rings is 2. The van der Waals surface area contributed by atoms with Gasteiger partial charge in [0.2, 0.25) is 0 Å². The second kappa shape index (κ2) is 13.0. The number of hydrogen-bond donors (Lipinski definition) is 0. The van der Waals surface area contributed by atoms with Crippen molar-refractivity contribution in [3.05, 3.63) is 83.4 Å². The van der Waals surface area contributed by atoms with E-state index in [4.69, 9.17) is 28.4 Å². The second-order valence-electron chi connectivity index (χ2n) is 8.55. The number of rotatable bonds is 14. The average molecular weight is 467 g/mol. The molecule has 3 saturated heterocycles. The molecule has 0 aliphatic carbocycles. The predicted octanol–water partition coefficient (Wildman–Crippen LogP) is 4.41. The molecule has 6 nitrogen and oxygen atoms in total. The first kappa shape index (κ1) is 24.8. The lowest BCUT2D eigenvalue weighted by Gasteiger charge is -2.17. The predicted molar refractivity (Wildman–Crippen MR) is 131 cm³/mol. The average Bonchev–Trinajstić information content (AvgIpc) is 3.69. The van der Waals surface area contributed by atoms with Gasteiger partial charge in [-0.3, -0.25) is 0 Å². The molecule has 3 aliphatic heterocycles. The number of epoxide rings is 3. The maximum absolute atomic E-state index is 5.87. The van der Waals surface area contributed by atoms with Crippen LogP contribution in [0.1, 0.15) is 27.8 Å². The van der Waals surface area contributed by atoms with Crippen LogP contribution in [0.4, 0.5) is 0 Å². The lowest BCUT2D eigenvalue weighted by Crippen LogP contribution is -2.11. The summed E-state index contributed by atoms with van der Waals surface area (Å²) in [6.07, 6.45) is 4.45. The smallest absolute Gasteiger partial charge is 0.104 e. The van der Waals surface area contributed by atoms with Crippen LogP contribution >= 0.6 is 0 Å². The lowest BCUT2D eigenvalue weighted by atomic mass is 9.98. The van der Waals surface area contributed by atoms with Gasteiger partial charge < -0.3 is 28.4 Å². The van der Waals surface area contributed by atoms with Gasteiger partial charge in [-0.25, -0.2) is 0 Å². The fourth-order valence-corrected chi connectivity index (χ4v) is 3.36. The number of ether oxygens (including phenoxy) is 6. The molecule has 3 atom stereocenters. The van der Waals surface area contributed by atoms with Gasteiger partial charge in [0.25, 0.3) is 0 Å². The highest BCUT2D eigenvalue weighted by Gasteiger charge is 2.25. The minimum absolute atomic E-state index is 0.251. The van der Waals surface area contributed by atoms with Crippen molar-refractivity contribution in [2.75, 3.05) is 39.6 Å². The maximum atomic E-state index is 5.87. The topological polar surface area (TPSA) is 65.3 Å². The summed E-state index contributed by atoms with van der Waals surface area (Å²) in [5, 5.41) is 0. The Morgan fingerprint density at radius 2 is 1.12 bits per heavy atom. The molecule has 3 heterocycles. The van der Waals surface area contributed by atoms with Crippen LogP contribution < -0.4 is 0 Å². The second-order valence-corrected chi connectivity index (χ2v) is 8.55. The van der Waals surface area contributed by atoms with Gasteiger partial charge in [-0.1, -0.05) is 55.6 Å². The van der Waals surface area contributed by atoms with Gasteiger partial charge in [0.05, 0.1) is 59.5 Å². The van der Waals surface area contributed by atoms with Crippen LogP contribution in [0.3, 0.4) is 0 Å². The van der Waals surface area contributed by atoms with E-state index >= 15 is 0 Å². The molecule has 0 spiro atoms. The van der Waals surface area contributed by atoms with Crippen molar-refractivity contribution in [2.24, 2.45) is 0 Å². The molecule has 0 aromatic heterocycles. The summed E-state index contributed by atoms with van der Waals surface area (Å²) in [5.41, 5.74) is 5.58. The molecule has 0 N–H and O–H groups in total. The molecule has 6 heteroatoms. The zero-order valence-electron chi connectivity index (χ0n) is 19.7. The highest BCUT2D eigenvalue weighted by Crippen LogP contribution is 2.24. The molecular weight excluding hydrogens is 432 g/mol. The summed E-state index contributed by atoms with van der Waals surface area (Å²) < 4.78 is 33.2. The normalized spacial score (nSPS) is 21.8. The monoisotopic (exact) mass is 466 g/mol. The molecule has 2 aromatic carbocycles. The van der Waals surface area contributed by atoms with Gasteiger partial charge in [-0.2, -0.15) is 0 Å². The third kappa shape index (κ3) is 8.80. The Labute approximate surface area is 202 Å². The van der Waals surface area contributed by atoms with Crippen LogP contribution in [0.2, 0.25) is 0 Å². The van der Waals surface area contributed by atoms with Crippen molar-refractivity contribution in [2.45, 2.75) is 38.1 Å². The van der Waals surface area contributed by atoms with Gasteiger partial charge in [-0.05, 0) is 39.9 Å². The van der Waals surface area contributed by atoms with Crippen molar-refractivity contribution in [3.8, 4) is 0 Å². The van der Waals surface area contributed by atoms with E-state index < -0.39 is 0 Å². The summed E-state index contributed by atoms with van der Waals surface area (Å²) in [7, 11) is 0. The Kier molecular flexibility index (Phi) is 9.44. The van der Waals surface area contributed by atoms with Crippen molar-refractivity contribution in [3.63, 3.8) is 0 Å². The third-order valence-electron chi connectivity index (χ3n) is 5.61. The molecule has 0 radical (unpaired) electrons. The van der Waals surface area contributed by atoms with E-state index in [0.29, 0.717) is 39.6 Å². The van der Waals surface area contributed by atoms with E-state index in [-0.39, 0.29) is 18.3 Å². The molecule has 34 heavy (non-hydrogen) atoms. The van der Waals surface area contributed by atoms with Crippen LogP contribution in [0.5, 0.6) is 0 Å². The van der Waals surface area contributed by atoms with E-state index in [2.05, 4.69) is 25.3 Å². The van der Waals surface area contributed by atoms with E-state index in [1.54, 1.807) is 0 Å². The Balaban J connectivity index is 0.000000291. The summed E-state index contributed by atoms with van der Waals surface area (Å²) in [5.74, 6) is 0. The molecule has 3 aliphatic rings. The molecule has 3 unspecified atom stereocenters. The molecule has 0 bridgehead atoms. The fraction of sp³-hybridized carbons (Fsp3) is 0.429. The quantitative estimate of drug-likeness (QED) is 0.385. The molecule has 182 valence electrons. The van der Waals surface area contributed by atoms with Crippen LogP contribution in [0.25, 0.3) is 12.2 Å². The Hall–Kier alpha value is -2.32. The molecule has 0 amide bonds. The molecule has 3 fully saturated rings. The SMILES string of the molecule is C=Cc1cc(COCC2CO2)c(COCC2CO2)c(COCC2CO2)c1.C=Cc1ccccc1. The molecule has 2 aromatic rings. The zero-order chi connectivity index (χ0) is 23.6. The van der Waals surface area contributed by atoms with Gasteiger partial charge in [0.15, 0.2) is 0 Å². The Morgan fingerprint density at radius 3 is 1.50 bits per heavy atom. The van der Waals surface area contributed by atoms with Crippen molar-refractivity contribution >= 4 is 12.2 Å². The van der Waals surface area contributed by atoms with E-state index in [9.17, 15) is 0 Å². The molecular formula is C28H34O6. The van der Waals surface area contributed by atoms with Crippen LogP contribution in [-0.2, 0) is 48.2 Å². The first-order valence-electron chi connectivity index (χ1n) is 11.8. The van der Waals surface area contributed by atoms with Crippen molar-refractivity contribution in [1.29, 1.82) is 0 Å². The van der Waals surface area contributed by atoms with Gasteiger partial charge in [-0.15, -0.1) is 0 Å². The molecule has 0 saturated carbocycles. The van der Waals surface area contributed by atoms with Crippen LogP contribution in [-0.4, -0.2) is 58.0 Å². The van der Waals surface area contributed by atoms with Gasteiger partial charge in [0, 0.05) is 0 Å². The highest BCUT2D eigenvalue weighted by molar-refractivity contribution is 5.53. The van der Waals surface area contributed by atoms with E-state index in [1.165, 1.54) is 5.56 Å². The minimum atomic E-state index is 0.251. The molecule has 5 rings (SSSR count). The van der Waals surface area contributed by atoms with Gasteiger partial charge in [0.1, 0.15) is 18.3 Å². The summed E-state index contributed by atoms with van der Waals surface area (Å²) in [6.45, 7) is 13.4. The first-order chi connectivity index (χ1) is 16.7. The Morgan fingerprint density at radius 1 is 0.676 bits per heavy atom. The zero-order valence-corrected chi connectivity index (χ0v) is 19.7. The summed E-state index contributed by atoms with van der Waals surface area (Å²) in [4.78, 5) is 0. The number of hydrogen-bond acceptors (Lipinski definition) is 6. The highest BCUT2D eigenvalue weighted by atomic mass is 16.6. The van der Waals surface area contributed by atoms with Crippen LogP contribution in [0.15, 0.2) is 55.6 Å². The van der Waals surface area contributed by atoms with Crippen molar-refractivity contribution < 1.29 is 28.4 Å². The summed E-state index contributed by atoms with van der Waals surface area (Å²) in [6, 6.07) is 14.3. The van der Waals surface area contributed by atoms with Gasteiger partial charge >= 0.3 is 0 Å². The van der Waals surface area contributed by atoms with E-state index in [1.807, 2.05) is 42.5 Å². The summed E-state index contributed by atoms with van der Waals surface area (Å²) >= 11 is 0. The third-order valence-corrected chi connectivity index (χ3v) is 5.61. The van der Waals surface area contributed by atoms with E-state index in [0.717, 1.165) is 42.1 Å². The van der Waals surface area contributed by atoms with Crippen molar-refractivity contribution in [1.82, 2.24) is 0 Å². The Bertz CT molecular complexity index is 877. The first-order valence-corrected chi connectivity index (χ1v) is 11.8. The maximum Gasteiger partial charge on any atom is 0.104 e. The van der Waals surface area contributed by atoms with Crippen LogP contribution in [0, 0.1) is 0 Å². The minimum Gasteiger partial charge on any atom is -0.374 e. The lowest BCUT2D eigenvalue weighted by molar-refractivity contribution is 0.0847. The largest absolute Gasteiger partial charge is 0.374 e. The standard InChI is InChI=1S/C20H26O6.C8H8/c1-2-14-3-15(5-21-7-17-10-24-17)20(13-23-9-19-12-26-19)16(4-14)6-22-8-18-11-25-18;1-2-8-6-4-3-5-7-8/h2-4,17-19H,1,5-13H2;2-7H,1H2. The fourth-order valence-electron chi connectivity index (χ4n) is 3.36.